The molecule has 2 unspecified atom stereocenters. The van der Waals surface area contributed by atoms with Gasteiger partial charge in [-0.3, -0.25) is 0 Å². The Morgan fingerprint density at radius 3 is 2.47 bits per heavy atom. The van der Waals surface area contributed by atoms with Crippen molar-refractivity contribution in [2.24, 2.45) is 5.41 Å². The van der Waals surface area contributed by atoms with Gasteiger partial charge in [-0.2, -0.15) is 5.26 Å². The number of ether oxygens (including phenoxy) is 1. The molecule has 1 aliphatic rings. The van der Waals surface area contributed by atoms with Crippen LogP contribution < -0.4 is 0 Å². The van der Waals surface area contributed by atoms with Crippen molar-refractivity contribution in [1.82, 2.24) is 0 Å². The summed E-state index contributed by atoms with van der Waals surface area (Å²) in [7, 11) is 0. The molecule has 0 bridgehead atoms. The smallest absolute Gasteiger partial charge is 0.113 e. The topological polar surface area (TPSA) is 53.2 Å². The maximum Gasteiger partial charge on any atom is 0.113 e. The molecule has 1 fully saturated rings. The van der Waals surface area contributed by atoms with E-state index in [1.54, 1.807) is 18.2 Å². The molecule has 2 rings (SSSR count). The largest absolute Gasteiger partial charge is 0.387 e. The zero-order chi connectivity index (χ0) is 12.5. The summed E-state index contributed by atoms with van der Waals surface area (Å²) >= 11 is 11.8. The van der Waals surface area contributed by atoms with Crippen molar-refractivity contribution < 1.29 is 9.84 Å². The molecule has 0 radical (unpaired) electrons. The fourth-order valence-electron chi connectivity index (χ4n) is 2.00. The summed E-state index contributed by atoms with van der Waals surface area (Å²) in [6.45, 7) is 0.716. The molecule has 0 amide bonds. The van der Waals surface area contributed by atoms with Gasteiger partial charge in [-0.25, -0.2) is 0 Å². The Morgan fingerprint density at radius 2 is 2.00 bits per heavy atom. The minimum Gasteiger partial charge on any atom is -0.387 e. The van der Waals surface area contributed by atoms with Crippen LogP contribution in [0.3, 0.4) is 0 Å². The molecule has 1 saturated heterocycles. The van der Waals surface area contributed by atoms with E-state index in [9.17, 15) is 10.4 Å². The monoisotopic (exact) mass is 271 g/mol. The van der Waals surface area contributed by atoms with Gasteiger partial charge in [0.05, 0.1) is 12.7 Å². The van der Waals surface area contributed by atoms with Crippen LogP contribution in [0.15, 0.2) is 18.2 Å². The lowest BCUT2D eigenvalue weighted by molar-refractivity contribution is 0.0504. The number of halogens is 2. The van der Waals surface area contributed by atoms with Crippen LogP contribution in [-0.2, 0) is 4.74 Å². The second-order valence-corrected chi connectivity index (χ2v) is 5.05. The van der Waals surface area contributed by atoms with Crippen molar-refractivity contribution in [3.05, 3.63) is 33.8 Å². The van der Waals surface area contributed by atoms with E-state index in [2.05, 4.69) is 6.07 Å². The molecule has 0 aromatic heterocycles. The molecule has 3 nitrogen and oxygen atoms in total. The second-order valence-electron chi connectivity index (χ2n) is 4.18. The third-order valence-corrected chi connectivity index (χ3v) is 3.44. The number of hydrogen-bond acceptors (Lipinski definition) is 3. The maximum atomic E-state index is 10.3. The highest BCUT2D eigenvalue weighted by Gasteiger charge is 2.43. The Bertz CT molecular complexity index is 444. The third kappa shape index (κ3) is 2.41. The van der Waals surface area contributed by atoms with Crippen LogP contribution in [0.25, 0.3) is 0 Å². The normalized spacial score (nSPS) is 25.5. The van der Waals surface area contributed by atoms with Gasteiger partial charge < -0.3 is 9.84 Å². The summed E-state index contributed by atoms with van der Waals surface area (Å²) in [5, 5.41) is 20.4. The molecule has 1 N–H and O–H groups in total. The first kappa shape index (κ1) is 12.7. The van der Waals surface area contributed by atoms with Crippen LogP contribution in [-0.4, -0.2) is 18.3 Å². The molecule has 5 heteroatoms. The van der Waals surface area contributed by atoms with Crippen molar-refractivity contribution in [2.45, 2.75) is 12.5 Å². The Labute approximate surface area is 110 Å². The number of nitrogens with zero attached hydrogens (tertiary/aromatic N) is 1. The fraction of sp³-hybridized carbons (Fsp3) is 0.417. The summed E-state index contributed by atoms with van der Waals surface area (Å²) in [4.78, 5) is 0. The SMILES string of the molecule is N#CC1(C(O)c2cc(Cl)cc(Cl)c2)CCOC1. The summed E-state index contributed by atoms with van der Waals surface area (Å²) in [5.41, 5.74) is -0.344. The standard InChI is InChI=1S/C12H11Cl2NO2/c13-9-3-8(4-10(14)5-9)11(16)12(6-15)1-2-17-7-12/h3-5,11,16H,1-2,7H2. The highest BCUT2D eigenvalue weighted by molar-refractivity contribution is 6.34. The Balaban J connectivity index is 2.36. The molecule has 0 spiro atoms. The highest BCUT2D eigenvalue weighted by Crippen LogP contribution is 2.41. The molecule has 1 aromatic carbocycles. The van der Waals surface area contributed by atoms with Gasteiger partial charge in [0.15, 0.2) is 0 Å². The Kier molecular flexibility index (Phi) is 3.60. The van der Waals surface area contributed by atoms with E-state index in [0.29, 0.717) is 28.6 Å². The van der Waals surface area contributed by atoms with E-state index in [4.69, 9.17) is 27.9 Å². The van der Waals surface area contributed by atoms with Crippen molar-refractivity contribution in [3.63, 3.8) is 0 Å². The van der Waals surface area contributed by atoms with Gasteiger partial charge in [-0.15, -0.1) is 0 Å². The number of aliphatic hydroxyl groups is 1. The molecule has 1 aliphatic heterocycles. The van der Waals surface area contributed by atoms with Crippen molar-refractivity contribution >= 4 is 23.2 Å². The second kappa shape index (κ2) is 4.83. The zero-order valence-corrected chi connectivity index (χ0v) is 10.5. The first-order valence-corrected chi connectivity index (χ1v) is 5.96. The van der Waals surface area contributed by atoms with Gasteiger partial charge in [0, 0.05) is 16.7 Å². The molecular formula is C12H11Cl2NO2. The van der Waals surface area contributed by atoms with Gasteiger partial charge in [-0.1, -0.05) is 23.2 Å². The van der Waals surface area contributed by atoms with Crippen LogP contribution in [0.2, 0.25) is 10.0 Å². The minimum atomic E-state index is -0.939. The molecule has 1 aromatic rings. The number of hydrogen-bond donors (Lipinski definition) is 1. The molecule has 0 saturated carbocycles. The summed E-state index contributed by atoms with van der Waals surface area (Å²) < 4.78 is 5.21. The average molecular weight is 272 g/mol. The van der Waals surface area contributed by atoms with E-state index in [1.807, 2.05) is 0 Å². The predicted molar refractivity (Wildman–Crippen MR) is 64.9 cm³/mol. The fourth-order valence-corrected chi connectivity index (χ4v) is 2.54. The van der Waals surface area contributed by atoms with E-state index in [0.717, 1.165) is 0 Å². The summed E-state index contributed by atoms with van der Waals surface area (Å²) in [6, 6.07) is 6.98. The van der Waals surface area contributed by atoms with Crippen molar-refractivity contribution in [2.75, 3.05) is 13.2 Å². The first-order valence-electron chi connectivity index (χ1n) is 5.20. The van der Waals surface area contributed by atoms with Crippen LogP contribution in [0.5, 0.6) is 0 Å². The van der Waals surface area contributed by atoms with Gasteiger partial charge in [0.25, 0.3) is 0 Å². The number of rotatable bonds is 2. The summed E-state index contributed by atoms with van der Waals surface area (Å²) in [6.07, 6.45) is -0.430. The Morgan fingerprint density at radius 1 is 1.35 bits per heavy atom. The van der Waals surface area contributed by atoms with Crippen LogP contribution >= 0.6 is 23.2 Å². The summed E-state index contributed by atoms with van der Waals surface area (Å²) in [5.74, 6) is 0. The third-order valence-electron chi connectivity index (χ3n) is 3.00. The quantitative estimate of drug-likeness (QED) is 0.900. The van der Waals surface area contributed by atoms with Gasteiger partial charge in [-0.05, 0) is 30.2 Å². The lowest BCUT2D eigenvalue weighted by Crippen LogP contribution is -2.27. The van der Waals surface area contributed by atoms with Gasteiger partial charge in [0.1, 0.15) is 11.5 Å². The van der Waals surface area contributed by atoms with E-state index in [-0.39, 0.29) is 6.61 Å². The predicted octanol–water partition coefficient (Wildman–Crippen LogP) is 2.96. The van der Waals surface area contributed by atoms with Crippen molar-refractivity contribution in [1.29, 1.82) is 5.26 Å². The molecule has 1 heterocycles. The minimum absolute atomic E-state index is 0.231. The molecular weight excluding hydrogens is 261 g/mol. The maximum absolute atomic E-state index is 10.3. The van der Waals surface area contributed by atoms with E-state index >= 15 is 0 Å². The van der Waals surface area contributed by atoms with Gasteiger partial charge >= 0.3 is 0 Å². The van der Waals surface area contributed by atoms with Crippen LogP contribution in [0.4, 0.5) is 0 Å². The number of benzene rings is 1. The van der Waals surface area contributed by atoms with Crippen molar-refractivity contribution in [3.8, 4) is 6.07 Å². The zero-order valence-electron chi connectivity index (χ0n) is 8.99. The van der Waals surface area contributed by atoms with Crippen LogP contribution in [0, 0.1) is 16.7 Å². The molecule has 90 valence electrons. The van der Waals surface area contributed by atoms with E-state index < -0.39 is 11.5 Å². The first-order chi connectivity index (χ1) is 8.07. The Hall–Kier alpha value is -0.790. The highest BCUT2D eigenvalue weighted by atomic mass is 35.5. The van der Waals surface area contributed by atoms with E-state index in [1.165, 1.54) is 0 Å². The number of aliphatic hydroxyl groups excluding tert-OH is 1. The number of nitriles is 1. The molecule has 0 aliphatic carbocycles. The van der Waals surface area contributed by atoms with Crippen LogP contribution in [0.1, 0.15) is 18.1 Å². The lowest BCUT2D eigenvalue weighted by Gasteiger charge is -2.25. The lowest BCUT2D eigenvalue weighted by atomic mass is 9.79. The molecule has 17 heavy (non-hydrogen) atoms. The van der Waals surface area contributed by atoms with Gasteiger partial charge in [0.2, 0.25) is 0 Å². The molecule has 2 atom stereocenters. The average Bonchev–Trinajstić information content (AvgIpc) is 2.76.